The van der Waals surface area contributed by atoms with Gasteiger partial charge in [0.1, 0.15) is 12.2 Å². The molecule has 0 aromatic heterocycles. The highest BCUT2D eigenvalue weighted by molar-refractivity contribution is 5.83. The number of aliphatic hydroxyl groups excluding tert-OH is 2. The van der Waals surface area contributed by atoms with E-state index < -0.39 is 12.2 Å². The van der Waals surface area contributed by atoms with Gasteiger partial charge >= 0.3 is 0 Å². The molecule has 0 saturated carbocycles. The fourth-order valence-electron chi connectivity index (χ4n) is 3.47. The molecule has 0 fully saturated rings. The highest BCUT2D eigenvalue weighted by atomic mass is 16.5. The highest BCUT2D eigenvalue weighted by Gasteiger charge is 2.17. The Kier molecular flexibility index (Phi) is 6.72. The van der Waals surface area contributed by atoms with Crippen molar-refractivity contribution in [1.82, 2.24) is 0 Å². The summed E-state index contributed by atoms with van der Waals surface area (Å²) in [6.45, 7) is 0.861. The van der Waals surface area contributed by atoms with Gasteiger partial charge in [0.05, 0.1) is 26.4 Å². The molecule has 4 nitrogen and oxygen atoms in total. The van der Waals surface area contributed by atoms with Crippen molar-refractivity contribution in [1.29, 1.82) is 0 Å². The quantitative estimate of drug-likeness (QED) is 0.434. The van der Waals surface area contributed by atoms with E-state index in [9.17, 15) is 10.2 Å². The van der Waals surface area contributed by atoms with E-state index >= 15 is 0 Å². The van der Waals surface area contributed by atoms with Crippen LogP contribution in [0.25, 0.3) is 21.5 Å². The molecule has 0 radical (unpaired) electrons. The van der Waals surface area contributed by atoms with Crippen LogP contribution in [0, 0.1) is 0 Å². The smallest absolute Gasteiger partial charge is 0.105 e. The average molecular weight is 402 g/mol. The lowest BCUT2D eigenvalue weighted by molar-refractivity contribution is -0.0758. The second-order valence-electron chi connectivity index (χ2n) is 7.53. The molecule has 0 bridgehead atoms. The maximum atomic E-state index is 10.2. The lowest BCUT2D eigenvalue weighted by atomic mass is 10.1. The minimum absolute atomic E-state index is 0.0489. The summed E-state index contributed by atoms with van der Waals surface area (Å²) in [5.74, 6) is 0. The van der Waals surface area contributed by atoms with Crippen molar-refractivity contribution < 1.29 is 19.7 Å². The van der Waals surface area contributed by atoms with Crippen LogP contribution < -0.4 is 0 Å². The zero-order valence-corrected chi connectivity index (χ0v) is 16.8. The minimum Gasteiger partial charge on any atom is -0.388 e. The van der Waals surface area contributed by atoms with Crippen molar-refractivity contribution in [3.05, 3.63) is 96.1 Å². The van der Waals surface area contributed by atoms with Gasteiger partial charge in [0, 0.05) is 0 Å². The predicted octanol–water partition coefficient (Wildman–Crippen LogP) is 4.45. The summed E-state index contributed by atoms with van der Waals surface area (Å²) < 4.78 is 11.2. The SMILES string of the molecule is O[C@@H](COCc1ccc2ccccc2c1)[C@@H](O)COCc1ccc2ccccc2c1. The lowest BCUT2D eigenvalue weighted by Crippen LogP contribution is -2.34. The maximum Gasteiger partial charge on any atom is 0.105 e. The van der Waals surface area contributed by atoms with Gasteiger partial charge in [0.2, 0.25) is 0 Å². The van der Waals surface area contributed by atoms with Gasteiger partial charge in [0.25, 0.3) is 0 Å². The third-order valence-corrected chi connectivity index (χ3v) is 5.19. The van der Waals surface area contributed by atoms with E-state index in [-0.39, 0.29) is 13.2 Å². The van der Waals surface area contributed by atoms with E-state index in [4.69, 9.17) is 9.47 Å². The first-order valence-corrected chi connectivity index (χ1v) is 10.2. The Bertz CT molecular complexity index is 1020. The topological polar surface area (TPSA) is 58.9 Å². The third kappa shape index (κ3) is 5.23. The Hall–Kier alpha value is -2.76. The summed E-state index contributed by atoms with van der Waals surface area (Å²) in [6.07, 6.45) is -2.00. The zero-order valence-electron chi connectivity index (χ0n) is 16.8. The van der Waals surface area contributed by atoms with E-state index in [2.05, 4.69) is 48.5 Å². The molecule has 30 heavy (non-hydrogen) atoms. The molecule has 0 saturated heterocycles. The van der Waals surface area contributed by atoms with Crippen LogP contribution in [0.1, 0.15) is 11.1 Å². The normalized spacial score (nSPS) is 13.5. The van der Waals surface area contributed by atoms with Crippen LogP contribution in [0.2, 0.25) is 0 Å². The first-order chi connectivity index (χ1) is 14.7. The van der Waals surface area contributed by atoms with Crippen molar-refractivity contribution in [2.75, 3.05) is 13.2 Å². The highest BCUT2D eigenvalue weighted by Crippen LogP contribution is 2.17. The summed E-state index contributed by atoms with van der Waals surface area (Å²) in [6, 6.07) is 28.6. The number of aliphatic hydroxyl groups is 2. The summed E-state index contributed by atoms with van der Waals surface area (Å²) in [7, 11) is 0. The number of fused-ring (bicyclic) bond motifs is 2. The summed E-state index contributed by atoms with van der Waals surface area (Å²) in [4.78, 5) is 0. The molecule has 0 aliphatic carbocycles. The van der Waals surface area contributed by atoms with Crippen LogP contribution in [-0.2, 0) is 22.7 Å². The van der Waals surface area contributed by atoms with E-state index in [1.54, 1.807) is 0 Å². The summed E-state index contributed by atoms with van der Waals surface area (Å²) >= 11 is 0. The first-order valence-electron chi connectivity index (χ1n) is 10.2. The molecule has 4 aromatic carbocycles. The second-order valence-corrected chi connectivity index (χ2v) is 7.53. The number of ether oxygens (including phenoxy) is 2. The van der Waals surface area contributed by atoms with Gasteiger partial charge in [-0.2, -0.15) is 0 Å². The monoisotopic (exact) mass is 402 g/mol. The number of hydrogen-bond donors (Lipinski definition) is 2. The Balaban J connectivity index is 1.20. The largest absolute Gasteiger partial charge is 0.388 e. The maximum absolute atomic E-state index is 10.2. The van der Waals surface area contributed by atoms with E-state index in [0.29, 0.717) is 13.2 Å². The molecule has 4 aromatic rings. The zero-order chi connectivity index (χ0) is 20.8. The van der Waals surface area contributed by atoms with Crippen LogP contribution in [0.5, 0.6) is 0 Å². The van der Waals surface area contributed by atoms with Crippen molar-refractivity contribution in [3.63, 3.8) is 0 Å². The lowest BCUT2D eigenvalue weighted by Gasteiger charge is -2.18. The van der Waals surface area contributed by atoms with Gasteiger partial charge in [0.15, 0.2) is 0 Å². The minimum atomic E-state index is -0.998. The fraction of sp³-hybridized carbons (Fsp3) is 0.231. The van der Waals surface area contributed by atoms with Crippen molar-refractivity contribution in [2.24, 2.45) is 0 Å². The Morgan fingerprint density at radius 1 is 0.533 bits per heavy atom. The molecular formula is C26H26O4. The van der Waals surface area contributed by atoms with Gasteiger partial charge in [-0.25, -0.2) is 0 Å². The summed E-state index contributed by atoms with van der Waals surface area (Å²) in [5.41, 5.74) is 2.06. The number of benzene rings is 4. The van der Waals surface area contributed by atoms with Gasteiger partial charge < -0.3 is 19.7 Å². The second kappa shape index (κ2) is 9.83. The van der Waals surface area contributed by atoms with E-state index in [0.717, 1.165) is 21.9 Å². The van der Waals surface area contributed by atoms with Crippen LogP contribution >= 0.6 is 0 Å². The van der Waals surface area contributed by atoms with Gasteiger partial charge in [-0.05, 0) is 44.8 Å². The molecule has 4 heteroatoms. The first kappa shape index (κ1) is 20.5. The van der Waals surface area contributed by atoms with Gasteiger partial charge in [-0.1, -0.05) is 72.8 Å². The Labute approximate surface area is 176 Å². The molecule has 0 aliphatic heterocycles. The fourth-order valence-corrected chi connectivity index (χ4v) is 3.47. The molecule has 4 rings (SSSR count). The van der Waals surface area contributed by atoms with Crippen LogP contribution in [0.4, 0.5) is 0 Å². The Morgan fingerprint density at radius 3 is 1.37 bits per heavy atom. The molecule has 0 heterocycles. The van der Waals surface area contributed by atoms with Gasteiger partial charge in [-0.3, -0.25) is 0 Å². The Morgan fingerprint density at radius 2 is 0.933 bits per heavy atom. The number of hydrogen-bond acceptors (Lipinski definition) is 4. The molecule has 0 amide bonds. The van der Waals surface area contributed by atoms with Crippen LogP contribution in [0.3, 0.4) is 0 Å². The molecule has 2 atom stereocenters. The van der Waals surface area contributed by atoms with Gasteiger partial charge in [-0.15, -0.1) is 0 Å². The van der Waals surface area contributed by atoms with E-state index in [1.165, 1.54) is 10.8 Å². The van der Waals surface area contributed by atoms with Crippen LogP contribution in [0.15, 0.2) is 84.9 Å². The number of rotatable bonds is 9. The molecule has 0 unspecified atom stereocenters. The molecule has 154 valence electrons. The standard InChI is InChI=1S/C26H26O4/c27-25(17-29-15-19-9-11-21-5-1-3-7-23(21)13-19)26(28)18-30-16-20-10-12-22-6-2-4-8-24(22)14-20/h1-14,25-28H,15-18H2/t25-,26-/m0/s1. The third-order valence-electron chi connectivity index (χ3n) is 5.19. The van der Waals surface area contributed by atoms with Crippen molar-refractivity contribution in [2.45, 2.75) is 25.4 Å². The summed E-state index contributed by atoms with van der Waals surface area (Å²) in [5, 5.41) is 25.0. The molecule has 2 N–H and O–H groups in total. The van der Waals surface area contributed by atoms with E-state index in [1.807, 2.05) is 36.4 Å². The molecule has 0 spiro atoms. The average Bonchev–Trinajstić information content (AvgIpc) is 2.78. The van der Waals surface area contributed by atoms with Crippen molar-refractivity contribution >= 4 is 21.5 Å². The van der Waals surface area contributed by atoms with Crippen LogP contribution in [-0.4, -0.2) is 35.6 Å². The molecular weight excluding hydrogens is 376 g/mol. The predicted molar refractivity (Wildman–Crippen MR) is 119 cm³/mol. The van der Waals surface area contributed by atoms with Crippen molar-refractivity contribution in [3.8, 4) is 0 Å². The molecule has 0 aliphatic rings.